The van der Waals surface area contributed by atoms with Crippen LogP contribution >= 0.6 is 0 Å². The Balaban J connectivity index is 2.74. The molecule has 1 unspecified atom stereocenters. The van der Waals surface area contributed by atoms with Crippen LogP contribution in [-0.4, -0.2) is 37.0 Å². The fraction of sp³-hybridized carbons (Fsp3) is 0.640. The van der Waals surface area contributed by atoms with Crippen LogP contribution in [-0.2, 0) is 14.8 Å². The Labute approximate surface area is 185 Å². The third-order valence-electron chi connectivity index (χ3n) is 5.71. The minimum absolute atomic E-state index is 0.0236. The maximum atomic E-state index is 12.8. The molecule has 0 aromatic heterocycles. The van der Waals surface area contributed by atoms with Gasteiger partial charge in [-0.2, -0.15) is 0 Å². The van der Waals surface area contributed by atoms with Crippen LogP contribution in [0.5, 0.6) is 0 Å². The van der Waals surface area contributed by atoms with Crippen molar-refractivity contribution in [3.8, 4) is 0 Å². The first-order valence-corrected chi connectivity index (χ1v) is 13.9. The van der Waals surface area contributed by atoms with Crippen LogP contribution in [0.2, 0.25) is 13.1 Å². The molecule has 1 aromatic carbocycles. The van der Waals surface area contributed by atoms with Crippen molar-refractivity contribution in [2.24, 2.45) is 5.41 Å². The van der Waals surface area contributed by atoms with Crippen molar-refractivity contribution >= 4 is 13.7 Å². The van der Waals surface area contributed by atoms with E-state index >= 15 is 0 Å². The lowest BCUT2D eigenvalue weighted by Gasteiger charge is -2.40. The van der Waals surface area contributed by atoms with E-state index in [1.54, 1.807) is 6.08 Å². The first kappa shape index (κ1) is 26.8. The lowest BCUT2D eigenvalue weighted by atomic mass is 9.87. The summed E-state index contributed by atoms with van der Waals surface area (Å²) in [6, 6.07) is 9.76. The normalized spacial score (nSPS) is 16.0. The molecule has 1 rings (SSSR count). The molecule has 5 heteroatoms. The molecule has 0 heterocycles. The van der Waals surface area contributed by atoms with Gasteiger partial charge in [0, 0.05) is 12.5 Å². The van der Waals surface area contributed by atoms with E-state index < -0.39 is 19.5 Å². The molecule has 0 saturated heterocycles. The average molecular weight is 434 g/mol. The predicted molar refractivity (Wildman–Crippen MR) is 129 cm³/mol. The van der Waals surface area contributed by atoms with Crippen LogP contribution in [0.15, 0.2) is 43.0 Å². The van der Waals surface area contributed by atoms with Crippen molar-refractivity contribution in [1.29, 1.82) is 0 Å². The molecule has 0 fully saturated rings. The molecule has 1 aromatic rings. The summed E-state index contributed by atoms with van der Waals surface area (Å²) in [5, 5.41) is 14.9. The van der Waals surface area contributed by atoms with Crippen molar-refractivity contribution in [3.63, 3.8) is 0 Å². The van der Waals surface area contributed by atoms with E-state index in [9.17, 15) is 9.90 Å². The molecule has 0 amide bonds. The molecule has 0 bridgehead atoms. The molecule has 4 nitrogen and oxygen atoms in total. The zero-order valence-electron chi connectivity index (χ0n) is 20.3. The van der Waals surface area contributed by atoms with E-state index in [2.05, 4.69) is 39.6 Å². The molecule has 0 aliphatic heterocycles. The van der Waals surface area contributed by atoms with Crippen molar-refractivity contribution < 1.29 is 14.3 Å². The summed E-state index contributed by atoms with van der Waals surface area (Å²) in [5.41, 5.74) is -0.577. The SMILES string of the molecule is C=CCC(O)(CCN[C@@H](C)C(C)(C)O[Si](C)(C)C(=O)CC(C)(C)C)c1ccccc1. The molecule has 0 aliphatic rings. The van der Waals surface area contributed by atoms with E-state index in [4.69, 9.17) is 4.43 Å². The van der Waals surface area contributed by atoms with Crippen molar-refractivity contribution in [3.05, 3.63) is 48.6 Å². The highest BCUT2D eigenvalue weighted by Gasteiger charge is 2.41. The van der Waals surface area contributed by atoms with Crippen molar-refractivity contribution in [2.75, 3.05) is 6.54 Å². The third kappa shape index (κ3) is 8.10. The first-order valence-electron chi connectivity index (χ1n) is 11.0. The summed E-state index contributed by atoms with van der Waals surface area (Å²) in [7, 11) is -2.50. The van der Waals surface area contributed by atoms with Crippen LogP contribution < -0.4 is 5.32 Å². The number of nitrogens with one attached hydrogen (secondary N) is 1. The highest BCUT2D eigenvalue weighted by atomic mass is 28.4. The average Bonchev–Trinajstić information content (AvgIpc) is 2.60. The van der Waals surface area contributed by atoms with E-state index in [0.717, 1.165) is 5.56 Å². The second-order valence-electron chi connectivity index (χ2n) is 10.7. The Morgan fingerprint density at radius 3 is 2.27 bits per heavy atom. The van der Waals surface area contributed by atoms with Gasteiger partial charge < -0.3 is 19.6 Å². The van der Waals surface area contributed by atoms with Crippen molar-refractivity contribution in [1.82, 2.24) is 5.32 Å². The van der Waals surface area contributed by atoms with Gasteiger partial charge in [-0.3, -0.25) is 0 Å². The Kier molecular flexibility index (Phi) is 9.24. The van der Waals surface area contributed by atoms with Gasteiger partial charge in [-0.05, 0) is 64.2 Å². The van der Waals surface area contributed by atoms with Gasteiger partial charge in [-0.1, -0.05) is 57.2 Å². The molecule has 30 heavy (non-hydrogen) atoms. The van der Waals surface area contributed by atoms with E-state index in [1.807, 2.05) is 57.3 Å². The summed E-state index contributed by atoms with van der Waals surface area (Å²) in [6.07, 6.45) is 3.36. The number of benzene rings is 1. The van der Waals surface area contributed by atoms with Gasteiger partial charge in [0.1, 0.15) is 5.41 Å². The topological polar surface area (TPSA) is 58.6 Å². The summed E-state index contributed by atoms with van der Waals surface area (Å²) in [5.74, 6) is 0. The van der Waals surface area contributed by atoms with Gasteiger partial charge in [0.05, 0.1) is 11.2 Å². The Morgan fingerprint density at radius 1 is 1.20 bits per heavy atom. The van der Waals surface area contributed by atoms with Gasteiger partial charge >= 0.3 is 0 Å². The van der Waals surface area contributed by atoms with Crippen LogP contribution in [0.1, 0.15) is 66.4 Å². The summed E-state index contributed by atoms with van der Waals surface area (Å²) in [4.78, 5) is 12.8. The van der Waals surface area contributed by atoms with Crippen LogP contribution in [0.25, 0.3) is 0 Å². The number of aliphatic hydroxyl groups is 1. The lowest BCUT2D eigenvalue weighted by molar-refractivity contribution is -0.116. The first-order chi connectivity index (χ1) is 13.6. The molecule has 0 radical (unpaired) electrons. The highest BCUT2D eigenvalue weighted by molar-refractivity contribution is 6.99. The van der Waals surface area contributed by atoms with Crippen LogP contribution in [0, 0.1) is 5.41 Å². The minimum Gasteiger partial charge on any atom is -0.403 e. The molecule has 2 N–H and O–H groups in total. The summed E-state index contributed by atoms with van der Waals surface area (Å²) in [6.45, 7) is 20.8. The molecule has 0 aliphatic carbocycles. The number of rotatable bonds is 12. The zero-order chi connectivity index (χ0) is 23.2. The molecule has 0 spiro atoms. The second kappa shape index (κ2) is 10.4. The van der Waals surface area contributed by atoms with Gasteiger partial charge in [-0.15, -0.1) is 6.58 Å². The Bertz CT molecular complexity index is 694. The fourth-order valence-corrected chi connectivity index (χ4v) is 6.15. The smallest absolute Gasteiger partial charge is 0.259 e. The maximum absolute atomic E-state index is 12.8. The number of hydrogen-bond acceptors (Lipinski definition) is 4. The third-order valence-corrected chi connectivity index (χ3v) is 8.26. The lowest BCUT2D eigenvalue weighted by Crippen LogP contribution is -2.56. The fourth-order valence-electron chi connectivity index (χ4n) is 3.59. The highest BCUT2D eigenvalue weighted by Crippen LogP contribution is 2.30. The summed E-state index contributed by atoms with van der Waals surface area (Å²) >= 11 is 0. The van der Waals surface area contributed by atoms with E-state index in [1.165, 1.54) is 0 Å². The minimum atomic E-state index is -2.50. The number of hydrogen-bond donors (Lipinski definition) is 2. The molecule has 170 valence electrons. The monoisotopic (exact) mass is 433 g/mol. The molecule has 0 saturated carbocycles. The second-order valence-corrected chi connectivity index (χ2v) is 14.5. The molecule has 2 atom stereocenters. The largest absolute Gasteiger partial charge is 0.403 e. The quantitative estimate of drug-likeness (QED) is 0.344. The number of carbonyl (C=O) groups is 1. The van der Waals surface area contributed by atoms with E-state index in [-0.39, 0.29) is 16.9 Å². The maximum Gasteiger partial charge on any atom is 0.259 e. The number of carbonyl (C=O) groups excluding carboxylic acids is 1. The van der Waals surface area contributed by atoms with Gasteiger partial charge in [0.2, 0.25) is 0 Å². The van der Waals surface area contributed by atoms with Crippen molar-refractivity contribution in [2.45, 2.75) is 91.1 Å². The van der Waals surface area contributed by atoms with Gasteiger partial charge in [-0.25, -0.2) is 0 Å². The summed E-state index contributed by atoms with van der Waals surface area (Å²) < 4.78 is 6.46. The van der Waals surface area contributed by atoms with Gasteiger partial charge in [0.25, 0.3) is 8.32 Å². The predicted octanol–water partition coefficient (Wildman–Crippen LogP) is 5.36. The molecular weight excluding hydrogens is 390 g/mol. The van der Waals surface area contributed by atoms with Crippen LogP contribution in [0.4, 0.5) is 0 Å². The standard InChI is InChI=1S/C25H43NO3Si/c1-10-16-25(28,21-14-12-11-13-15-21)17-18-26-20(2)24(6,7)29-30(8,9)22(27)19-23(3,4)5/h10-15,20,26,28H,1,16-19H2,2-9H3/t20-,25?/m0/s1. The molecular formula is C25H43NO3Si. The van der Waals surface area contributed by atoms with Crippen LogP contribution in [0.3, 0.4) is 0 Å². The van der Waals surface area contributed by atoms with E-state index in [0.29, 0.717) is 25.8 Å². The Hall–Kier alpha value is -1.27. The Morgan fingerprint density at radius 2 is 1.77 bits per heavy atom. The zero-order valence-corrected chi connectivity index (χ0v) is 21.3. The van der Waals surface area contributed by atoms with Gasteiger partial charge in [0.15, 0.2) is 0 Å².